The molecule has 0 spiro atoms. The van der Waals surface area contributed by atoms with Gasteiger partial charge in [0.15, 0.2) is 0 Å². The molecule has 0 fully saturated rings. The van der Waals surface area contributed by atoms with Crippen LogP contribution in [0, 0.1) is 6.92 Å². The Labute approximate surface area is 119 Å². The van der Waals surface area contributed by atoms with Crippen molar-refractivity contribution in [2.75, 3.05) is 6.54 Å². The van der Waals surface area contributed by atoms with Crippen molar-refractivity contribution in [1.29, 1.82) is 0 Å². The number of aryl methyl sites for hydroxylation is 1. The van der Waals surface area contributed by atoms with Crippen molar-refractivity contribution >= 4 is 11.6 Å². The molecule has 0 radical (unpaired) electrons. The minimum absolute atomic E-state index is 0.219. The zero-order valence-electron chi connectivity index (χ0n) is 11.4. The highest BCUT2D eigenvalue weighted by molar-refractivity contribution is 6.30. The fraction of sp³-hybridized carbons (Fsp3) is 0.375. The first-order chi connectivity index (χ1) is 9.20. The molecular formula is C16H20ClNO. The van der Waals surface area contributed by atoms with Crippen LogP contribution >= 0.6 is 11.6 Å². The lowest BCUT2D eigenvalue weighted by molar-refractivity contribution is 0.408. The molecule has 2 aromatic rings. The summed E-state index contributed by atoms with van der Waals surface area (Å²) in [6.45, 7) is 5.24. The van der Waals surface area contributed by atoms with Gasteiger partial charge in [-0.15, -0.1) is 0 Å². The van der Waals surface area contributed by atoms with Gasteiger partial charge in [-0.25, -0.2) is 0 Å². The Hall–Kier alpha value is -1.25. The molecule has 1 unspecified atom stereocenters. The molecule has 1 aromatic heterocycles. The minimum Gasteiger partial charge on any atom is -0.467 e. The number of halogens is 1. The van der Waals surface area contributed by atoms with Crippen molar-refractivity contribution in [1.82, 2.24) is 5.32 Å². The van der Waals surface area contributed by atoms with Crippen LogP contribution in [-0.4, -0.2) is 6.54 Å². The molecule has 1 aromatic carbocycles. The SMILES string of the molecule is CCCNC(Cc1ccc(Cl)cc1)c1occc1C. The first-order valence-electron chi connectivity index (χ1n) is 6.72. The first kappa shape index (κ1) is 14.2. The van der Waals surface area contributed by atoms with Gasteiger partial charge in [-0.1, -0.05) is 30.7 Å². The summed E-state index contributed by atoms with van der Waals surface area (Å²) in [4.78, 5) is 0. The van der Waals surface area contributed by atoms with Crippen molar-refractivity contribution in [2.24, 2.45) is 0 Å². The molecule has 0 saturated carbocycles. The molecule has 3 heteroatoms. The maximum absolute atomic E-state index is 5.92. The molecule has 0 aliphatic rings. The van der Waals surface area contributed by atoms with E-state index in [2.05, 4.69) is 31.3 Å². The summed E-state index contributed by atoms with van der Waals surface area (Å²) >= 11 is 5.92. The smallest absolute Gasteiger partial charge is 0.123 e. The summed E-state index contributed by atoms with van der Waals surface area (Å²) in [5.74, 6) is 1.03. The zero-order chi connectivity index (χ0) is 13.7. The van der Waals surface area contributed by atoms with Crippen LogP contribution in [-0.2, 0) is 6.42 Å². The number of hydrogen-bond donors (Lipinski definition) is 1. The first-order valence-corrected chi connectivity index (χ1v) is 7.10. The molecule has 1 heterocycles. The van der Waals surface area contributed by atoms with E-state index in [0.29, 0.717) is 0 Å². The molecule has 102 valence electrons. The van der Waals surface area contributed by atoms with E-state index in [-0.39, 0.29) is 6.04 Å². The predicted molar refractivity (Wildman–Crippen MR) is 79.6 cm³/mol. The highest BCUT2D eigenvalue weighted by atomic mass is 35.5. The standard InChI is InChI=1S/C16H20ClNO/c1-3-9-18-15(16-12(2)8-10-19-16)11-13-4-6-14(17)7-5-13/h4-8,10,15,18H,3,9,11H2,1-2H3. The van der Waals surface area contributed by atoms with Crippen LogP contribution in [0.1, 0.15) is 36.3 Å². The van der Waals surface area contributed by atoms with E-state index in [1.807, 2.05) is 18.2 Å². The molecule has 0 bridgehead atoms. The average Bonchev–Trinajstić information content (AvgIpc) is 2.83. The van der Waals surface area contributed by atoms with E-state index >= 15 is 0 Å². The summed E-state index contributed by atoms with van der Waals surface area (Å²) in [5, 5.41) is 4.32. The Bertz CT molecular complexity index is 504. The molecule has 0 amide bonds. The quantitative estimate of drug-likeness (QED) is 0.839. The second-order valence-corrected chi connectivity index (χ2v) is 5.24. The van der Waals surface area contributed by atoms with Crippen LogP contribution in [0.2, 0.25) is 5.02 Å². The van der Waals surface area contributed by atoms with Gasteiger partial charge in [-0.2, -0.15) is 0 Å². The van der Waals surface area contributed by atoms with E-state index in [1.165, 1.54) is 11.1 Å². The fourth-order valence-corrected chi connectivity index (χ4v) is 2.30. The lowest BCUT2D eigenvalue weighted by Crippen LogP contribution is -2.24. The molecule has 19 heavy (non-hydrogen) atoms. The highest BCUT2D eigenvalue weighted by Crippen LogP contribution is 2.23. The van der Waals surface area contributed by atoms with Gasteiger partial charge in [0.2, 0.25) is 0 Å². The number of nitrogens with one attached hydrogen (secondary N) is 1. The van der Waals surface area contributed by atoms with Crippen molar-refractivity contribution in [2.45, 2.75) is 32.7 Å². The molecule has 0 aliphatic heterocycles. The third-order valence-corrected chi connectivity index (χ3v) is 3.46. The summed E-state index contributed by atoms with van der Waals surface area (Å²) < 4.78 is 5.63. The van der Waals surface area contributed by atoms with Crippen LogP contribution < -0.4 is 5.32 Å². The number of rotatable bonds is 6. The Balaban J connectivity index is 2.14. The number of hydrogen-bond acceptors (Lipinski definition) is 2. The van der Waals surface area contributed by atoms with Crippen LogP contribution in [0.5, 0.6) is 0 Å². The Morgan fingerprint density at radius 1 is 1.21 bits per heavy atom. The van der Waals surface area contributed by atoms with Gasteiger partial charge in [0.1, 0.15) is 5.76 Å². The van der Waals surface area contributed by atoms with Crippen LogP contribution in [0.3, 0.4) is 0 Å². The molecule has 1 atom stereocenters. The van der Waals surface area contributed by atoms with Crippen molar-refractivity contribution in [3.8, 4) is 0 Å². The van der Waals surface area contributed by atoms with Gasteiger partial charge >= 0.3 is 0 Å². The normalized spacial score (nSPS) is 12.6. The fourth-order valence-electron chi connectivity index (χ4n) is 2.17. The van der Waals surface area contributed by atoms with Crippen molar-refractivity contribution in [3.05, 3.63) is 58.5 Å². The van der Waals surface area contributed by atoms with E-state index in [1.54, 1.807) is 6.26 Å². The summed E-state index contributed by atoms with van der Waals surface area (Å²) in [6, 6.07) is 10.2. The minimum atomic E-state index is 0.219. The van der Waals surface area contributed by atoms with Gasteiger partial charge in [0.05, 0.1) is 12.3 Å². The van der Waals surface area contributed by atoms with E-state index in [0.717, 1.165) is 30.2 Å². The molecular weight excluding hydrogens is 258 g/mol. The lowest BCUT2D eigenvalue weighted by atomic mass is 10.0. The second-order valence-electron chi connectivity index (χ2n) is 4.81. The maximum atomic E-state index is 5.92. The van der Waals surface area contributed by atoms with E-state index in [4.69, 9.17) is 16.0 Å². The monoisotopic (exact) mass is 277 g/mol. The Morgan fingerprint density at radius 3 is 2.53 bits per heavy atom. The lowest BCUT2D eigenvalue weighted by Gasteiger charge is -2.17. The van der Waals surface area contributed by atoms with Gasteiger partial charge < -0.3 is 9.73 Å². The second kappa shape index (κ2) is 6.78. The van der Waals surface area contributed by atoms with Crippen molar-refractivity contribution in [3.63, 3.8) is 0 Å². The third-order valence-electron chi connectivity index (χ3n) is 3.21. The highest BCUT2D eigenvalue weighted by Gasteiger charge is 2.16. The average molecular weight is 278 g/mol. The maximum Gasteiger partial charge on any atom is 0.123 e. The van der Waals surface area contributed by atoms with Gasteiger partial charge in [0, 0.05) is 5.02 Å². The zero-order valence-corrected chi connectivity index (χ0v) is 12.2. The van der Waals surface area contributed by atoms with Gasteiger partial charge in [-0.05, 0) is 55.6 Å². The van der Waals surface area contributed by atoms with Gasteiger partial charge in [0.25, 0.3) is 0 Å². The third kappa shape index (κ3) is 3.85. The summed E-state index contributed by atoms with van der Waals surface area (Å²) in [5.41, 5.74) is 2.45. The predicted octanol–water partition coefficient (Wildman–Crippen LogP) is 4.52. The van der Waals surface area contributed by atoms with Crippen LogP contribution in [0.4, 0.5) is 0 Å². The Kier molecular flexibility index (Phi) is 5.06. The molecule has 0 aliphatic carbocycles. The number of benzene rings is 1. The molecule has 0 saturated heterocycles. The molecule has 1 N–H and O–H groups in total. The van der Waals surface area contributed by atoms with E-state index in [9.17, 15) is 0 Å². The van der Waals surface area contributed by atoms with E-state index < -0.39 is 0 Å². The summed E-state index contributed by atoms with van der Waals surface area (Å²) in [6.07, 6.45) is 3.77. The molecule has 2 nitrogen and oxygen atoms in total. The van der Waals surface area contributed by atoms with Crippen LogP contribution in [0.25, 0.3) is 0 Å². The number of furan rings is 1. The summed E-state index contributed by atoms with van der Waals surface area (Å²) in [7, 11) is 0. The van der Waals surface area contributed by atoms with Gasteiger partial charge in [-0.3, -0.25) is 0 Å². The Morgan fingerprint density at radius 2 is 1.95 bits per heavy atom. The van der Waals surface area contributed by atoms with Crippen LogP contribution in [0.15, 0.2) is 41.0 Å². The van der Waals surface area contributed by atoms with Crippen molar-refractivity contribution < 1.29 is 4.42 Å². The topological polar surface area (TPSA) is 25.2 Å². The largest absolute Gasteiger partial charge is 0.467 e. The molecule has 2 rings (SSSR count).